The second-order valence-corrected chi connectivity index (χ2v) is 7.03. The van der Waals surface area contributed by atoms with Gasteiger partial charge in [0.25, 0.3) is 0 Å². The minimum absolute atomic E-state index is 0.00270. The number of nitrogens with zero attached hydrogens (tertiary/aromatic N) is 3. The maximum Gasteiger partial charge on any atom is 0.203 e. The van der Waals surface area contributed by atoms with Crippen LogP contribution >= 0.6 is 11.5 Å². The second-order valence-electron chi connectivity index (χ2n) is 6.28. The lowest BCUT2D eigenvalue weighted by Gasteiger charge is -2.34. The summed E-state index contributed by atoms with van der Waals surface area (Å²) in [5.74, 6) is 0.808. The zero-order chi connectivity index (χ0) is 14.0. The first kappa shape index (κ1) is 14.7. The second kappa shape index (κ2) is 5.73. The maximum atomic E-state index is 5.80. The summed E-state index contributed by atoms with van der Waals surface area (Å²) < 4.78 is 10.2. The summed E-state index contributed by atoms with van der Waals surface area (Å²) in [5, 5.41) is 4.22. The fraction of sp³-hybridized carbons (Fsp3) is 0.846. The molecule has 0 radical (unpaired) electrons. The van der Waals surface area contributed by atoms with Crippen molar-refractivity contribution in [3.8, 4) is 0 Å². The van der Waals surface area contributed by atoms with Gasteiger partial charge < -0.3 is 10.1 Å². The summed E-state index contributed by atoms with van der Waals surface area (Å²) >= 11 is 1.41. The van der Waals surface area contributed by atoms with Crippen LogP contribution in [0.25, 0.3) is 0 Å². The normalized spacial score (nSPS) is 21.9. The third-order valence-electron chi connectivity index (χ3n) is 3.04. The number of ether oxygens (including phenoxy) is 1. The van der Waals surface area contributed by atoms with Crippen molar-refractivity contribution in [2.75, 3.05) is 25.0 Å². The van der Waals surface area contributed by atoms with E-state index in [2.05, 4.69) is 54.2 Å². The topological polar surface area (TPSA) is 50.3 Å². The van der Waals surface area contributed by atoms with E-state index in [0.29, 0.717) is 6.04 Å². The van der Waals surface area contributed by atoms with Gasteiger partial charge >= 0.3 is 0 Å². The van der Waals surface area contributed by atoms with Crippen LogP contribution in [0.5, 0.6) is 0 Å². The highest BCUT2D eigenvalue weighted by atomic mass is 32.1. The number of nitrogens with one attached hydrogen (secondary N) is 1. The van der Waals surface area contributed by atoms with Crippen molar-refractivity contribution in [2.24, 2.45) is 0 Å². The minimum atomic E-state index is 0.00270. The van der Waals surface area contributed by atoms with Crippen molar-refractivity contribution >= 4 is 16.7 Å². The molecule has 1 saturated heterocycles. The number of aromatic nitrogens is 2. The van der Waals surface area contributed by atoms with E-state index >= 15 is 0 Å². The fourth-order valence-corrected chi connectivity index (χ4v) is 2.86. The standard InChI is InChI=1S/C13H24N4OS/c1-9(2)17-6-7-18-10(8-17)11-14-12(19-16-11)15-13(3,4)5/h9-10H,6-8H2,1-5H3,(H,14,15,16). The largest absolute Gasteiger partial charge is 0.367 e. The van der Waals surface area contributed by atoms with Gasteiger partial charge in [0.2, 0.25) is 5.13 Å². The van der Waals surface area contributed by atoms with Crippen LogP contribution in [-0.4, -0.2) is 45.5 Å². The van der Waals surface area contributed by atoms with Gasteiger partial charge in [-0.15, -0.1) is 0 Å². The molecule has 0 aliphatic carbocycles. The SMILES string of the molecule is CC(C)N1CCOC(c2nsc(NC(C)(C)C)n2)C1. The average Bonchev–Trinajstić information content (AvgIpc) is 2.75. The molecule has 0 saturated carbocycles. The third kappa shape index (κ3) is 4.12. The Morgan fingerprint density at radius 2 is 2.16 bits per heavy atom. The van der Waals surface area contributed by atoms with E-state index in [-0.39, 0.29) is 11.6 Å². The molecule has 19 heavy (non-hydrogen) atoms. The molecule has 0 spiro atoms. The predicted molar refractivity (Wildman–Crippen MR) is 78.7 cm³/mol. The van der Waals surface area contributed by atoms with Gasteiger partial charge in [-0.3, -0.25) is 4.90 Å². The van der Waals surface area contributed by atoms with Crippen LogP contribution in [0, 0.1) is 0 Å². The van der Waals surface area contributed by atoms with Crippen LogP contribution in [0.1, 0.15) is 46.5 Å². The highest BCUT2D eigenvalue weighted by Gasteiger charge is 2.27. The van der Waals surface area contributed by atoms with E-state index in [9.17, 15) is 0 Å². The molecule has 1 fully saturated rings. The Labute approximate surface area is 119 Å². The Morgan fingerprint density at radius 1 is 1.42 bits per heavy atom. The van der Waals surface area contributed by atoms with Crippen molar-refractivity contribution in [3.63, 3.8) is 0 Å². The molecule has 1 aromatic rings. The van der Waals surface area contributed by atoms with Crippen molar-refractivity contribution < 1.29 is 4.74 Å². The number of rotatable bonds is 3. The first-order valence-electron chi connectivity index (χ1n) is 6.82. The van der Waals surface area contributed by atoms with E-state index in [4.69, 9.17) is 4.74 Å². The third-order valence-corrected chi connectivity index (χ3v) is 3.68. The lowest BCUT2D eigenvalue weighted by Crippen LogP contribution is -2.42. The van der Waals surface area contributed by atoms with Gasteiger partial charge in [-0.1, -0.05) is 0 Å². The molecule has 1 unspecified atom stereocenters. The molecule has 5 nitrogen and oxygen atoms in total. The first-order chi connectivity index (χ1) is 8.85. The Morgan fingerprint density at radius 3 is 2.79 bits per heavy atom. The number of anilines is 1. The minimum Gasteiger partial charge on any atom is -0.367 e. The predicted octanol–water partition coefficient (Wildman–Crippen LogP) is 2.53. The van der Waals surface area contributed by atoms with Gasteiger partial charge in [-0.05, 0) is 34.6 Å². The zero-order valence-electron chi connectivity index (χ0n) is 12.4. The Kier molecular flexibility index (Phi) is 4.43. The molecule has 0 aromatic carbocycles. The number of hydrogen-bond donors (Lipinski definition) is 1. The molecule has 0 bridgehead atoms. The van der Waals surface area contributed by atoms with Gasteiger partial charge in [0, 0.05) is 36.2 Å². The van der Waals surface area contributed by atoms with Crippen LogP contribution in [0.3, 0.4) is 0 Å². The molecule has 0 amide bonds. The van der Waals surface area contributed by atoms with Gasteiger partial charge in [-0.2, -0.15) is 4.37 Å². The van der Waals surface area contributed by atoms with Crippen LogP contribution in [-0.2, 0) is 4.74 Å². The molecule has 2 rings (SSSR count). The molecule has 1 aliphatic rings. The quantitative estimate of drug-likeness (QED) is 0.924. The van der Waals surface area contributed by atoms with Gasteiger partial charge in [0.15, 0.2) is 5.82 Å². The summed E-state index contributed by atoms with van der Waals surface area (Å²) in [6.45, 7) is 13.4. The summed E-state index contributed by atoms with van der Waals surface area (Å²) in [6.07, 6.45) is 0.00270. The van der Waals surface area contributed by atoms with Crippen LogP contribution < -0.4 is 5.32 Å². The maximum absolute atomic E-state index is 5.80. The molecular formula is C13H24N4OS. The van der Waals surface area contributed by atoms with E-state index < -0.39 is 0 Å². The van der Waals surface area contributed by atoms with Crippen molar-refractivity contribution in [2.45, 2.75) is 52.3 Å². The van der Waals surface area contributed by atoms with E-state index in [1.165, 1.54) is 11.5 Å². The monoisotopic (exact) mass is 284 g/mol. The average molecular weight is 284 g/mol. The smallest absolute Gasteiger partial charge is 0.203 e. The fourth-order valence-electron chi connectivity index (χ4n) is 2.03. The lowest BCUT2D eigenvalue weighted by atomic mass is 10.1. The lowest BCUT2D eigenvalue weighted by molar-refractivity contribution is -0.0437. The molecular weight excluding hydrogens is 260 g/mol. The van der Waals surface area contributed by atoms with Gasteiger partial charge in [-0.25, -0.2) is 4.98 Å². The Balaban J connectivity index is 2.02. The summed E-state index contributed by atoms with van der Waals surface area (Å²) in [5.41, 5.74) is 0.00813. The molecule has 1 N–H and O–H groups in total. The summed E-state index contributed by atoms with van der Waals surface area (Å²) in [6, 6.07) is 0.539. The van der Waals surface area contributed by atoms with Crippen molar-refractivity contribution in [1.82, 2.24) is 14.3 Å². The Hall–Kier alpha value is -0.720. The summed E-state index contributed by atoms with van der Waals surface area (Å²) in [7, 11) is 0. The molecule has 1 aliphatic heterocycles. The highest BCUT2D eigenvalue weighted by molar-refractivity contribution is 7.09. The number of hydrogen-bond acceptors (Lipinski definition) is 6. The van der Waals surface area contributed by atoms with Crippen molar-refractivity contribution in [1.29, 1.82) is 0 Å². The Bertz CT molecular complexity index is 413. The van der Waals surface area contributed by atoms with Gasteiger partial charge in [0.1, 0.15) is 6.10 Å². The molecule has 2 heterocycles. The van der Waals surface area contributed by atoms with Crippen molar-refractivity contribution in [3.05, 3.63) is 5.82 Å². The molecule has 1 aromatic heterocycles. The highest BCUT2D eigenvalue weighted by Crippen LogP contribution is 2.25. The molecule has 6 heteroatoms. The van der Waals surface area contributed by atoms with Gasteiger partial charge in [0.05, 0.1) is 6.61 Å². The summed E-state index contributed by atoms with van der Waals surface area (Å²) in [4.78, 5) is 6.97. The van der Waals surface area contributed by atoms with E-state index in [1.807, 2.05) is 0 Å². The zero-order valence-corrected chi connectivity index (χ0v) is 13.3. The first-order valence-corrected chi connectivity index (χ1v) is 7.60. The van der Waals surface area contributed by atoms with Crippen LogP contribution in [0.4, 0.5) is 5.13 Å². The van der Waals surface area contributed by atoms with Crippen LogP contribution in [0.2, 0.25) is 0 Å². The molecule has 108 valence electrons. The van der Waals surface area contributed by atoms with E-state index in [1.54, 1.807) is 0 Å². The van der Waals surface area contributed by atoms with E-state index in [0.717, 1.165) is 30.7 Å². The van der Waals surface area contributed by atoms with Crippen LogP contribution in [0.15, 0.2) is 0 Å². The number of morpholine rings is 1. The molecule has 1 atom stereocenters.